The van der Waals surface area contributed by atoms with Crippen LogP contribution < -0.4 is 5.32 Å². The van der Waals surface area contributed by atoms with E-state index in [-0.39, 0.29) is 24.3 Å². The summed E-state index contributed by atoms with van der Waals surface area (Å²) in [6.07, 6.45) is 4.08. The number of nitrogens with one attached hydrogen (secondary N) is 1. The van der Waals surface area contributed by atoms with Crippen molar-refractivity contribution in [2.45, 2.75) is 25.8 Å². The predicted molar refractivity (Wildman–Crippen MR) is 74.3 cm³/mol. The molecule has 1 atom stereocenters. The average Bonchev–Trinajstić information content (AvgIpc) is 2.45. The topological polar surface area (TPSA) is 55.4 Å². The molecule has 4 heteroatoms. The van der Waals surface area contributed by atoms with Gasteiger partial charge in [0.15, 0.2) is 0 Å². The third-order valence-corrected chi connectivity index (χ3v) is 2.71. The van der Waals surface area contributed by atoms with Crippen molar-refractivity contribution in [2.24, 2.45) is 0 Å². The van der Waals surface area contributed by atoms with Gasteiger partial charge in [-0.2, -0.15) is 0 Å². The summed E-state index contributed by atoms with van der Waals surface area (Å²) in [6.45, 7) is 1.91. The molecule has 1 aromatic carbocycles. The SMILES string of the molecule is CCC(CC(=O)OC)NC(=O)/C=C/c1ccccc1. The number of ether oxygens (including phenoxy) is 1. The van der Waals surface area contributed by atoms with E-state index in [9.17, 15) is 9.59 Å². The highest BCUT2D eigenvalue weighted by Crippen LogP contribution is 2.02. The summed E-state index contributed by atoms with van der Waals surface area (Å²) in [5, 5.41) is 2.78. The van der Waals surface area contributed by atoms with Crippen LogP contribution in [-0.4, -0.2) is 25.0 Å². The number of esters is 1. The molecule has 1 N–H and O–H groups in total. The van der Waals surface area contributed by atoms with Crippen LogP contribution >= 0.6 is 0 Å². The first kappa shape index (κ1) is 15.0. The minimum Gasteiger partial charge on any atom is -0.469 e. The largest absolute Gasteiger partial charge is 0.469 e. The van der Waals surface area contributed by atoms with Gasteiger partial charge >= 0.3 is 5.97 Å². The van der Waals surface area contributed by atoms with Crippen molar-refractivity contribution >= 4 is 18.0 Å². The smallest absolute Gasteiger partial charge is 0.307 e. The Morgan fingerprint density at radius 3 is 2.58 bits per heavy atom. The maximum atomic E-state index is 11.7. The van der Waals surface area contributed by atoms with Gasteiger partial charge in [0.2, 0.25) is 5.91 Å². The minimum atomic E-state index is -0.320. The molecule has 1 rings (SSSR count). The lowest BCUT2D eigenvalue weighted by Crippen LogP contribution is -2.35. The number of benzene rings is 1. The normalized spacial score (nSPS) is 12.1. The molecule has 0 spiro atoms. The Labute approximate surface area is 113 Å². The first-order valence-corrected chi connectivity index (χ1v) is 6.26. The molecule has 0 saturated carbocycles. The molecule has 0 heterocycles. The second-order valence-corrected chi connectivity index (χ2v) is 4.14. The van der Waals surface area contributed by atoms with Crippen LogP contribution in [0.4, 0.5) is 0 Å². The Bertz CT molecular complexity index is 440. The molecule has 19 heavy (non-hydrogen) atoms. The van der Waals surface area contributed by atoms with Gasteiger partial charge in [0.25, 0.3) is 0 Å². The van der Waals surface area contributed by atoms with Crippen molar-refractivity contribution in [3.8, 4) is 0 Å². The Morgan fingerprint density at radius 2 is 2.00 bits per heavy atom. The Balaban J connectivity index is 2.49. The quantitative estimate of drug-likeness (QED) is 0.630. The zero-order chi connectivity index (χ0) is 14.1. The van der Waals surface area contributed by atoms with Crippen LogP contribution in [0.15, 0.2) is 36.4 Å². The maximum Gasteiger partial charge on any atom is 0.307 e. The van der Waals surface area contributed by atoms with E-state index in [1.165, 1.54) is 13.2 Å². The van der Waals surface area contributed by atoms with Gasteiger partial charge in [-0.3, -0.25) is 9.59 Å². The van der Waals surface area contributed by atoms with E-state index in [2.05, 4.69) is 10.1 Å². The van der Waals surface area contributed by atoms with Crippen molar-refractivity contribution < 1.29 is 14.3 Å². The standard InChI is InChI=1S/C15H19NO3/c1-3-13(11-15(18)19-2)16-14(17)10-9-12-7-5-4-6-8-12/h4-10,13H,3,11H2,1-2H3,(H,16,17)/b10-9+. The summed E-state index contributed by atoms with van der Waals surface area (Å²) >= 11 is 0. The first-order chi connectivity index (χ1) is 9.15. The monoisotopic (exact) mass is 261 g/mol. The van der Waals surface area contributed by atoms with E-state index in [1.54, 1.807) is 6.08 Å². The van der Waals surface area contributed by atoms with E-state index in [0.717, 1.165) is 5.56 Å². The van der Waals surface area contributed by atoms with E-state index in [1.807, 2.05) is 37.3 Å². The van der Waals surface area contributed by atoms with Crippen LogP contribution in [0.2, 0.25) is 0 Å². The van der Waals surface area contributed by atoms with Gasteiger partial charge < -0.3 is 10.1 Å². The van der Waals surface area contributed by atoms with Gasteiger partial charge in [-0.1, -0.05) is 37.3 Å². The van der Waals surface area contributed by atoms with Crippen LogP contribution in [-0.2, 0) is 14.3 Å². The third kappa shape index (κ3) is 5.86. The van der Waals surface area contributed by atoms with Crippen molar-refractivity contribution in [1.29, 1.82) is 0 Å². The highest BCUT2D eigenvalue weighted by molar-refractivity contribution is 5.92. The fourth-order valence-corrected chi connectivity index (χ4v) is 1.57. The van der Waals surface area contributed by atoms with Crippen LogP contribution in [0, 0.1) is 0 Å². The molecule has 0 saturated heterocycles. The summed E-state index contributed by atoms with van der Waals surface area (Å²) in [7, 11) is 1.34. The zero-order valence-corrected chi connectivity index (χ0v) is 11.3. The van der Waals surface area contributed by atoms with Crippen LogP contribution in [0.5, 0.6) is 0 Å². The fourth-order valence-electron chi connectivity index (χ4n) is 1.57. The average molecular weight is 261 g/mol. The fraction of sp³-hybridized carbons (Fsp3) is 0.333. The van der Waals surface area contributed by atoms with Crippen LogP contribution in [0.25, 0.3) is 6.08 Å². The molecule has 1 amide bonds. The van der Waals surface area contributed by atoms with Gasteiger partial charge in [0.05, 0.1) is 13.5 Å². The summed E-state index contributed by atoms with van der Waals surface area (Å²) in [4.78, 5) is 22.9. The Kier molecular flexibility index (Phi) is 6.36. The van der Waals surface area contributed by atoms with Crippen molar-refractivity contribution in [1.82, 2.24) is 5.32 Å². The van der Waals surface area contributed by atoms with Crippen molar-refractivity contribution in [2.75, 3.05) is 7.11 Å². The third-order valence-electron chi connectivity index (χ3n) is 2.71. The van der Waals surface area contributed by atoms with Crippen molar-refractivity contribution in [3.05, 3.63) is 42.0 Å². The first-order valence-electron chi connectivity index (χ1n) is 6.26. The molecule has 0 aromatic heterocycles. The molecule has 0 aliphatic carbocycles. The Hall–Kier alpha value is -2.10. The lowest BCUT2D eigenvalue weighted by atomic mass is 10.1. The van der Waals surface area contributed by atoms with E-state index in [4.69, 9.17) is 0 Å². The molecule has 1 unspecified atom stereocenters. The minimum absolute atomic E-state index is 0.192. The lowest BCUT2D eigenvalue weighted by Gasteiger charge is -2.14. The van der Waals surface area contributed by atoms with Crippen molar-refractivity contribution in [3.63, 3.8) is 0 Å². The summed E-state index contributed by atoms with van der Waals surface area (Å²) in [5.41, 5.74) is 0.957. The molecular weight excluding hydrogens is 242 g/mol. The number of rotatable bonds is 6. The van der Waals surface area contributed by atoms with E-state index >= 15 is 0 Å². The number of methoxy groups -OCH3 is 1. The van der Waals surface area contributed by atoms with Gasteiger partial charge in [-0.05, 0) is 18.1 Å². The summed E-state index contributed by atoms with van der Waals surface area (Å²) in [6, 6.07) is 9.36. The molecule has 0 bridgehead atoms. The molecule has 1 aromatic rings. The molecule has 4 nitrogen and oxygen atoms in total. The number of hydrogen-bond acceptors (Lipinski definition) is 3. The van der Waals surface area contributed by atoms with Gasteiger partial charge in [-0.15, -0.1) is 0 Å². The highest BCUT2D eigenvalue weighted by atomic mass is 16.5. The molecule has 0 radical (unpaired) electrons. The zero-order valence-electron chi connectivity index (χ0n) is 11.3. The summed E-state index contributed by atoms with van der Waals surface area (Å²) < 4.78 is 4.59. The van der Waals surface area contributed by atoms with E-state index < -0.39 is 0 Å². The van der Waals surface area contributed by atoms with Crippen LogP contribution in [0.3, 0.4) is 0 Å². The summed E-state index contributed by atoms with van der Waals surface area (Å²) in [5.74, 6) is -0.529. The number of carbonyl (C=O) groups is 2. The Morgan fingerprint density at radius 1 is 1.32 bits per heavy atom. The second kappa shape index (κ2) is 8.08. The van der Waals surface area contributed by atoms with Crippen LogP contribution in [0.1, 0.15) is 25.3 Å². The van der Waals surface area contributed by atoms with Gasteiger partial charge in [-0.25, -0.2) is 0 Å². The second-order valence-electron chi connectivity index (χ2n) is 4.14. The molecule has 0 fully saturated rings. The number of hydrogen-bond donors (Lipinski definition) is 1. The molecule has 102 valence electrons. The lowest BCUT2D eigenvalue weighted by molar-refractivity contribution is -0.141. The molecule has 0 aliphatic rings. The maximum absolute atomic E-state index is 11.7. The van der Waals surface area contributed by atoms with Gasteiger partial charge in [0.1, 0.15) is 0 Å². The number of amides is 1. The number of carbonyl (C=O) groups excluding carboxylic acids is 2. The molecular formula is C15H19NO3. The highest BCUT2D eigenvalue weighted by Gasteiger charge is 2.13. The molecule has 0 aliphatic heterocycles. The predicted octanol–water partition coefficient (Wildman–Crippen LogP) is 2.16. The van der Waals surface area contributed by atoms with Gasteiger partial charge in [0, 0.05) is 12.1 Å². The van der Waals surface area contributed by atoms with E-state index in [0.29, 0.717) is 6.42 Å².